The fourth-order valence-corrected chi connectivity index (χ4v) is 5.33. The van der Waals surface area contributed by atoms with Gasteiger partial charge in [0.25, 0.3) is 5.56 Å². The largest absolute Gasteiger partial charge is 0.313 e. The molecule has 1 aliphatic rings. The molecule has 3 atom stereocenters. The summed E-state index contributed by atoms with van der Waals surface area (Å²) in [5.41, 5.74) is 1.84. The predicted molar refractivity (Wildman–Crippen MR) is 134 cm³/mol. The van der Waals surface area contributed by atoms with Crippen molar-refractivity contribution in [2.45, 2.75) is 51.5 Å². The normalized spacial score (nSPS) is 18.2. The van der Waals surface area contributed by atoms with Gasteiger partial charge in [-0.05, 0) is 53.8 Å². The first-order valence-corrected chi connectivity index (χ1v) is 13.0. The van der Waals surface area contributed by atoms with E-state index in [9.17, 15) is 9.00 Å². The lowest BCUT2D eigenvalue weighted by molar-refractivity contribution is 0.345. The van der Waals surface area contributed by atoms with Crippen molar-refractivity contribution in [1.29, 1.82) is 5.41 Å². The zero-order valence-corrected chi connectivity index (χ0v) is 19.6. The first-order valence-electron chi connectivity index (χ1n) is 11.4. The highest BCUT2D eigenvalue weighted by atomic mass is 32.2. The van der Waals surface area contributed by atoms with E-state index in [1.54, 1.807) is 18.0 Å². The van der Waals surface area contributed by atoms with Crippen LogP contribution in [0.3, 0.4) is 0 Å². The van der Waals surface area contributed by atoms with Crippen molar-refractivity contribution in [3.63, 3.8) is 0 Å². The Morgan fingerprint density at radius 1 is 1.19 bits per heavy atom. The second-order valence-electron chi connectivity index (χ2n) is 8.95. The molecule has 2 aromatic carbocycles. The summed E-state index contributed by atoms with van der Waals surface area (Å²) in [7, 11) is -1.01. The van der Waals surface area contributed by atoms with Crippen LogP contribution in [0.4, 0.5) is 0 Å². The molecular weight excluding hydrogens is 418 g/mol. The van der Waals surface area contributed by atoms with E-state index < -0.39 is 10.8 Å². The van der Waals surface area contributed by atoms with Crippen molar-refractivity contribution < 1.29 is 4.21 Å². The molecule has 3 unspecified atom stereocenters. The molecule has 0 bridgehead atoms. The highest BCUT2D eigenvalue weighted by Crippen LogP contribution is 2.31. The molecule has 168 valence electrons. The van der Waals surface area contributed by atoms with E-state index in [-0.39, 0.29) is 23.4 Å². The van der Waals surface area contributed by atoms with Gasteiger partial charge in [-0.1, -0.05) is 56.5 Å². The molecule has 1 fully saturated rings. The minimum Gasteiger partial charge on any atom is -0.313 e. The molecule has 4 rings (SSSR count). The quantitative estimate of drug-likeness (QED) is 0.388. The zero-order chi connectivity index (χ0) is 22.7. The van der Waals surface area contributed by atoms with Crippen LogP contribution in [0.1, 0.15) is 50.6 Å². The van der Waals surface area contributed by atoms with E-state index in [1.165, 1.54) is 12.6 Å². The Balaban J connectivity index is 1.82. The summed E-state index contributed by atoms with van der Waals surface area (Å²) >= 11 is 0. The first-order chi connectivity index (χ1) is 15.5. The Labute approximate surface area is 191 Å². The predicted octanol–water partition coefficient (Wildman–Crippen LogP) is 5.39. The molecule has 3 aromatic rings. The number of nitrogens with zero attached hydrogens (tertiary/aromatic N) is 2. The van der Waals surface area contributed by atoms with E-state index in [2.05, 4.69) is 6.07 Å². The van der Waals surface area contributed by atoms with Gasteiger partial charge in [-0.2, -0.15) is 0 Å². The molecule has 0 spiro atoms. The Morgan fingerprint density at radius 2 is 1.91 bits per heavy atom. The fraction of sp³-hybridized carbons (Fsp3) is 0.423. The summed E-state index contributed by atoms with van der Waals surface area (Å²) in [6.07, 6.45) is 13.0. The van der Waals surface area contributed by atoms with Crippen molar-refractivity contribution in [2.75, 3.05) is 6.26 Å². The van der Waals surface area contributed by atoms with E-state index in [0.29, 0.717) is 11.8 Å². The van der Waals surface area contributed by atoms with Crippen molar-refractivity contribution in [3.05, 3.63) is 64.1 Å². The second-order valence-corrected chi connectivity index (χ2v) is 10.2. The second kappa shape index (κ2) is 9.90. The highest BCUT2D eigenvalue weighted by Gasteiger charge is 2.20. The number of hydrogen-bond donors (Lipinski definition) is 1. The SMILES string of the molecule is CC(/C=C/S(C)=O)C(C=N)Cc1cc2c(=O)n(C3CCCCC3)cnc2c2ccccc12. The third-order valence-electron chi connectivity index (χ3n) is 6.76. The number of aromatic nitrogens is 2. The van der Waals surface area contributed by atoms with Gasteiger partial charge in [0.1, 0.15) is 0 Å². The molecule has 1 saturated carbocycles. The maximum absolute atomic E-state index is 13.5. The summed E-state index contributed by atoms with van der Waals surface area (Å²) in [6.45, 7) is 2.04. The topological polar surface area (TPSA) is 75.8 Å². The molecule has 1 heterocycles. The molecule has 0 radical (unpaired) electrons. The van der Waals surface area contributed by atoms with Gasteiger partial charge in [0.05, 0.1) is 17.2 Å². The molecule has 6 heteroatoms. The van der Waals surface area contributed by atoms with E-state index in [0.717, 1.165) is 47.5 Å². The number of nitrogens with one attached hydrogen (secondary N) is 1. The van der Waals surface area contributed by atoms with Gasteiger partial charge >= 0.3 is 0 Å². The van der Waals surface area contributed by atoms with Crippen LogP contribution in [-0.4, -0.2) is 26.2 Å². The molecule has 0 amide bonds. The van der Waals surface area contributed by atoms with Gasteiger partial charge in [0, 0.05) is 34.4 Å². The van der Waals surface area contributed by atoms with Crippen LogP contribution in [0.5, 0.6) is 0 Å². The molecule has 1 aromatic heterocycles. The Kier molecular flexibility index (Phi) is 6.99. The summed E-state index contributed by atoms with van der Waals surface area (Å²) in [5.74, 6) is 0.0200. The van der Waals surface area contributed by atoms with Crippen molar-refractivity contribution in [2.24, 2.45) is 11.8 Å². The van der Waals surface area contributed by atoms with Crippen LogP contribution in [0.25, 0.3) is 21.7 Å². The van der Waals surface area contributed by atoms with Gasteiger partial charge < -0.3 is 5.41 Å². The van der Waals surface area contributed by atoms with Crippen LogP contribution in [0.2, 0.25) is 0 Å². The Bertz CT molecular complexity index is 1240. The van der Waals surface area contributed by atoms with Gasteiger partial charge in [-0.3, -0.25) is 13.6 Å². The number of hydrogen-bond acceptors (Lipinski definition) is 4. The summed E-state index contributed by atoms with van der Waals surface area (Å²) in [4.78, 5) is 18.3. The Morgan fingerprint density at radius 3 is 2.59 bits per heavy atom. The number of rotatable bonds is 7. The molecular formula is C26H31N3O2S. The van der Waals surface area contributed by atoms with Crippen LogP contribution < -0.4 is 5.56 Å². The third kappa shape index (κ3) is 4.60. The highest BCUT2D eigenvalue weighted by molar-refractivity contribution is 7.87. The monoisotopic (exact) mass is 449 g/mol. The van der Waals surface area contributed by atoms with Crippen molar-refractivity contribution in [3.8, 4) is 0 Å². The van der Waals surface area contributed by atoms with Crippen LogP contribution in [0.15, 0.2) is 52.9 Å². The maximum atomic E-state index is 13.5. The average Bonchev–Trinajstić information content (AvgIpc) is 2.82. The van der Waals surface area contributed by atoms with Gasteiger partial charge in [0.15, 0.2) is 0 Å². The van der Waals surface area contributed by atoms with Crippen LogP contribution >= 0.6 is 0 Å². The van der Waals surface area contributed by atoms with Crippen LogP contribution in [0, 0.1) is 17.2 Å². The summed E-state index contributed by atoms with van der Waals surface area (Å²) in [6, 6.07) is 10.3. The number of benzene rings is 2. The molecule has 0 saturated heterocycles. The summed E-state index contributed by atoms with van der Waals surface area (Å²) < 4.78 is 13.3. The fourth-order valence-electron chi connectivity index (χ4n) is 4.86. The molecule has 1 N–H and O–H groups in total. The van der Waals surface area contributed by atoms with Gasteiger partial charge in [-0.15, -0.1) is 0 Å². The average molecular weight is 450 g/mol. The first kappa shape index (κ1) is 22.6. The maximum Gasteiger partial charge on any atom is 0.261 e. The van der Waals surface area contributed by atoms with Gasteiger partial charge in [-0.25, -0.2) is 4.98 Å². The van der Waals surface area contributed by atoms with E-state index in [1.807, 2.05) is 41.8 Å². The number of allylic oxidation sites excluding steroid dienone is 1. The van der Waals surface area contributed by atoms with Crippen molar-refractivity contribution in [1.82, 2.24) is 9.55 Å². The minimum atomic E-state index is -1.01. The third-order valence-corrected chi connectivity index (χ3v) is 7.31. The lowest BCUT2D eigenvalue weighted by atomic mass is 9.86. The minimum absolute atomic E-state index is 0.0367. The molecule has 0 aliphatic heterocycles. The van der Waals surface area contributed by atoms with Crippen molar-refractivity contribution >= 4 is 38.7 Å². The lowest BCUT2D eigenvalue weighted by Gasteiger charge is -2.24. The van der Waals surface area contributed by atoms with Gasteiger partial charge in [0.2, 0.25) is 0 Å². The van der Waals surface area contributed by atoms with Crippen LogP contribution in [-0.2, 0) is 17.2 Å². The molecule has 5 nitrogen and oxygen atoms in total. The molecule has 32 heavy (non-hydrogen) atoms. The number of fused-ring (bicyclic) bond motifs is 3. The summed E-state index contributed by atoms with van der Waals surface area (Å²) in [5, 5.41) is 12.4. The molecule has 1 aliphatic carbocycles. The zero-order valence-electron chi connectivity index (χ0n) is 18.8. The lowest BCUT2D eigenvalue weighted by Crippen LogP contribution is -2.27. The smallest absolute Gasteiger partial charge is 0.261 e. The Hall–Kier alpha value is -2.60. The standard InChI is InChI=1S/C26H31N3O2S/c1-18(12-13-32(2)31)20(16-27)14-19-15-24-25(23-11-7-6-10-22(19)23)28-17-29(26(24)30)21-8-4-3-5-9-21/h6-7,10-13,15-18,20-21,27H,3-5,8-9,14H2,1-2H3/b13-12+,27-16?. The van der Waals surface area contributed by atoms with E-state index in [4.69, 9.17) is 10.4 Å². The van der Waals surface area contributed by atoms with E-state index >= 15 is 0 Å².